The Hall–Kier alpha value is -0.0400. The zero-order chi connectivity index (χ0) is 7.56. The summed E-state index contributed by atoms with van der Waals surface area (Å²) in [5.74, 6) is 0. The normalized spacial score (nSPS) is 25.1. The Morgan fingerprint density at radius 1 is 1.70 bits per heavy atom. The van der Waals surface area contributed by atoms with E-state index in [1.54, 1.807) is 0 Å². The number of hydrogen-bond acceptors (Lipinski definition) is 3. The van der Waals surface area contributed by atoms with Gasteiger partial charge in [-0.3, -0.25) is 0 Å². The minimum absolute atomic E-state index is 0.0660. The molecule has 0 aromatic heterocycles. The summed E-state index contributed by atoms with van der Waals surface area (Å²) in [5, 5.41) is 0. The van der Waals surface area contributed by atoms with Crippen LogP contribution in [0, 0.1) is 0 Å². The molecule has 5 heteroatoms. The molecule has 60 valence electrons. The molecular formula is C5H10INO3. The van der Waals surface area contributed by atoms with E-state index in [0.717, 1.165) is 0 Å². The molecule has 1 N–H and O–H groups in total. The molecule has 1 aliphatic rings. The van der Waals surface area contributed by atoms with Crippen molar-refractivity contribution >= 4 is 6.16 Å². The van der Waals surface area contributed by atoms with Crippen molar-refractivity contribution in [1.82, 2.24) is 0 Å². The summed E-state index contributed by atoms with van der Waals surface area (Å²) in [6.07, 6.45) is -0.508. The van der Waals surface area contributed by atoms with Crippen LogP contribution in [0.1, 0.15) is 0 Å². The van der Waals surface area contributed by atoms with Crippen LogP contribution in [-0.4, -0.2) is 31.0 Å². The third-order valence-electron chi connectivity index (χ3n) is 0.896. The molecular weight excluding hydrogens is 249 g/mol. The van der Waals surface area contributed by atoms with Gasteiger partial charge in [0.1, 0.15) is 0 Å². The predicted octanol–water partition coefficient (Wildman–Crippen LogP) is -4.37. The van der Waals surface area contributed by atoms with Gasteiger partial charge in [-0.1, -0.05) is 0 Å². The van der Waals surface area contributed by atoms with E-state index in [9.17, 15) is 4.79 Å². The van der Waals surface area contributed by atoms with E-state index in [1.165, 1.54) is 3.11 Å². The second-order valence-corrected chi connectivity index (χ2v) is 6.25. The first kappa shape index (κ1) is 8.06. The summed E-state index contributed by atoms with van der Waals surface area (Å²) in [7, 11) is 4.11. The number of cyclic esters (lactones) is 2. The van der Waals surface area contributed by atoms with Crippen LogP contribution in [0.15, 0.2) is 0 Å². The second kappa shape index (κ2) is 3.38. The Balaban J connectivity index is 2.24. The van der Waals surface area contributed by atoms with Crippen LogP contribution < -0.4 is 24.6 Å². The molecule has 1 atom stereocenters. The van der Waals surface area contributed by atoms with Gasteiger partial charge in [-0.25, -0.2) is 0 Å². The van der Waals surface area contributed by atoms with Gasteiger partial charge in [-0.05, 0) is 0 Å². The van der Waals surface area contributed by atoms with Gasteiger partial charge in [0.05, 0.1) is 0 Å². The predicted molar refractivity (Wildman–Crippen MR) is 29.0 cm³/mol. The van der Waals surface area contributed by atoms with Gasteiger partial charge in [-0.2, -0.15) is 0 Å². The molecule has 0 aliphatic carbocycles. The fourth-order valence-electron chi connectivity index (χ4n) is 0.603. The third kappa shape index (κ3) is 2.30. The van der Waals surface area contributed by atoms with Crippen molar-refractivity contribution in [3.8, 4) is 0 Å². The van der Waals surface area contributed by atoms with Crippen molar-refractivity contribution in [3.63, 3.8) is 0 Å². The molecule has 0 amide bonds. The van der Waals surface area contributed by atoms with E-state index in [4.69, 9.17) is 4.74 Å². The SMILES string of the molecule is C[NH+](C)[I-]C1COC(=O)O1. The zero-order valence-corrected chi connectivity index (χ0v) is 8.04. The standard InChI is InChI=1S/C5H10INO3/c1-7(2)6-4-3-9-5(8)10-4/h4,7H,3H2,1-2H3. The number of halogens is 1. The Bertz CT molecular complexity index is 139. The van der Waals surface area contributed by atoms with Crippen LogP contribution in [0.25, 0.3) is 0 Å². The first-order valence-electron chi connectivity index (χ1n) is 2.95. The molecule has 1 rings (SSSR count). The van der Waals surface area contributed by atoms with E-state index in [2.05, 4.69) is 18.8 Å². The molecule has 1 unspecified atom stereocenters. The van der Waals surface area contributed by atoms with Gasteiger partial charge in [0.15, 0.2) is 0 Å². The quantitative estimate of drug-likeness (QED) is 0.236. The van der Waals surface area contributed by atoms with Crippen LogP contribution in [0.2, 0.25) is 0 Å². The molecule has 0 spiro atoms. The first-order chi connectivity index (χ1) is 4.68. The maximum atomic E-state index is 10.4. The minimum atomic E-state index is -0.508. The Kier molecular flexibility index (Phi) is 2.72. The number of ether oxygens (including phenoxy) is 2. The van der Waals surface area contributed by atoms with Gasteiger partial charge in [0.25, 0.3) is 0 Å². The molecule has 0 aromatic rings. The number of rotatable bonds is 2. The Morgan fingerprint density at radius 3 is 2.80 bits per heavy atom. The van der Waals surface area contributed by atoms with E-state index in [0.29, 0.717) is 6.61 Å². The number of carbonyl (C=O) groups excluding carboxylic acids is 1. The van der Waals surface area contributed by atoms with Gasteiger partial charge < -0.3 is 0 Å². The third-order valence-corrected chi connectivity index (χ3v) is 3.45. The van der Waals surface area contributed by atoms with Crippen molar-refractivity contribution in [2.75, 3.05) is 20.7 Å². The molecule has 10 heavy (non-hydrogen) atoms. The van der Waals surface area contributed by atoms with Crippen molar-refractivity contribution in [2.24, 2.45) is 0 Å². The monoisotopic (exact) mass is 259 g/mol. The zero-order valence-electron chi connectivity index (χ0n) is 5.89. The Morgan fingerprint density at radius 2 is 2.40 bits per heavy atom. The van der Waals surface area contributed by atoms with Gasteiger partial charge in [-0.15, -0.1) is 0 Å². The fourth-order valence-corrected chi connectivity index (χ4v) is 2.69. The number of nitrogens with one attached hydrogen (secondary N) is 1. The van der Waals surface area contributed by atoms with E-state index in [1.807, 2.05) is 0 Å². The van der Waals surface area contributed by atoms with Crippen molar-refractivity contribution < 1.29 is 38.9 Å². The first-order valence-corrected chi connectivity index (χ1v) is 5.28. The molecule has 1 heterocycles. The molecule has 1 fully saturated rings. The van der Waals surface area contributed by atoms with Crippen LogP contribution in [0.4, 0.5) is 4.79 Å². The molecule has 1 saturated heterocycles. The molecule has 0 bridgehead atoms. The van der Waals surface area contributed by atoms with Crippen LogP contribution in [0.3, 0.4) is 0 Å². The molecule has 0 aromatic carbocycles. The second-order valence-electron chi connectivity index (χ2n) is 2.08. The average Bonchev–Trinajstić information content (AvgIpc) is 2.13. The van der Waals surface area contributed by atoms with Gasteiger partial charge in [0.2, 0.25) is 0 Å². The molecule has 1 aliphatic heterocycles. The Labute approximate surface area is 70.1 Å². The topological polar surface area (TPSA) is 40.0 Å². The van der Waals surface area contributed by atoms with Gasteiger partial charge in [0, 0.05) is 0 Å². The maximum absolute atomic E-state index is 10.4. The molecule has 0 radical (unpaired) electrons. The van der Waals surface area contributed by atoms with E-state index < -0.39 is 6.16 Å². The summed E-state index contributed by atoms with van der Waals surface area (Å²) in [6, 6.07) is 0. The van der Waals surface area contributed by atoms with E-state index in [-0.39, 0.29) is 25.6 Å². The molecule has 4 nitrogen and oxygen atoms in total. The summed E-state index contributed by atoms with van der Waals surface area (Å²) in [4.78, 5) is 10.4. The number of carbonyl (C=O) groups is 1. The van der Waals surface area contributed by atoms with Gasteiger partial charge >= 0.3 is 69.8 Å². The summed E-state index contributed by atoms with van der Waals surface area (Å²) in [6.45, 7) is 0.456. The molecule has 0 saturated carbocycles. The number of alkyl halides is 1. The number of quaternary nitrogens is 1. The average molecular weight is 259 g/mol. The summed E-state index contributed by atoms with van der Waals surface area (Å²) < 4.78 is 10.9. The van der Waals surface area contributed by atoms with Crippen molar-refractivity contribution in [3.05, 3.63) is 0 Å². The van der Waals surface area contributed by atoms with E-state index >= 15 is 0 Å². The van der Waals surface area contributed by atoms with Crippen LogP contribution in [0.5, 0.6) is 0 Å². The summed E-state index contributed by atoms with van der Waals surface area (Å²) in [5.41, 5.74) is 0. The fraction of sp³-hybridized carbons (Fsp3) is 0.800. The summed E-state index contributed by atoms with van der Waals surface area (Å²) >= 11 is -0.117. The van der Waals surface area contributed by atoms with Crippen molar-refractivity contribution in [2.45, 2.75) is 4.11 Å². The number of hydrogen-bond donors (Lipinski definition) is 1. The van der Waals surface area contributed by atoms with Crippen LogP contribution in [-0.2, 0) is 9.47 Å². The van der Waals surface area contributed by atoms with Crippen LogP contribution >= 0.6 is 0 Å². The van der Waals surface area contributed by atoms with Crippen molar-refractivity contribution in [1.29, 1.82) is 0 Å².